The zero-order valence-corrected chi connectivity index (χ0v) is 12.7. The summed E-state index contributed by atoms with van der Waals surface area (Å²) in [6, 6.07) is 1.60. The molecule has 1 aromatic rings. The van der Waals surface area contributed by atoms with Gasteiger partial charge in [-0.2, -0.15) is 0 Å². The van der Waals surface area contributed by atoms with Crippen molar-refractivity contribution in [2.45, 2.75) is 38.3 Å². The summed E-state index contributed by atoms with van der Waals surface area (Å²) in [4.78, 5) is 38.7. The number of carboxylic acids is 1. The van der Waals surface area contributed by atoms with Crippen LogP contribution in [0.15, 0.2) is 22.8 Å². The van der Waals surface area contributed by atoms with Gasteiger partial charge in [-0.1, -0.05) is 0 Å². The molecule has 120 valence electrons. The molecule has 0 bridgehead atoms. The first-order chi connectivity index (χ1) is 10.4. The number of hydrogen-bond donors (Lipinski definition) is 1. The van der Waals surface area contributed by atoms with Crippen LogP contribution < -0.4 is 0 Å². The van der Waals surface area contributed by atoms with Crippen molar-refractivity contribution in [2.24, 2.45) is 0 Å². The van der Waals surface area contributed by atoms with Gasteiger partial charge < -0.3 is 19.3 Å². The van der Waals surface area contributed by atoms with Gasteiger partial charge in [-0.25, -0.2) is 4.79 Å². The molecule has 1 aromatic heterocycles. The Bertz CT molecular complexity index is 554. The van der Waals surface area contributed by atoms with Gasteiger partial charge in [0.2, 0.25) is 5.91 Å². The monoisotopic (exact) mass is 308 g/mol. The molecule has 0 aromatic carbocycles. The first-order valence-corrected chi connectivity index (χ1v) is 7.27. The van der Waals surface area contributed by atoms with Gasteiger partial charge in [0.05, 0.1) is 6.26 Å². The number of carboxylic acid groups (broad SMARTS) is 1. The highest BCUT2D eigenvalue weighted by Gasteiger charge is 2.37. The molecule has 1 N–H and O–H groups in total. The number of nitrogens with zero attached hydrogens (tertiary/aromatic N) is 2. The molecule has 7 heteroatoms. The molecule has 2 amide bonds. The molecule has 2 unspecified atom stereocenters. The van der Waals surface area contributed by atoms with E-state index in [1.54, 1.807) is 12.1 Å². The molecule has 0 saturated carbocycles. The Kier molecular flexibility index (Phi) is 4.85. The fourth-order valence-corrected chi connectivity index (χ4v) is 2.56. The molecular weight excluding hydrogens is 288 g/mol. The van der Waals surface area contributed by atoms with Crippen molar-refractivity contribution >= 4 is 17.8 Å². The topological polar surface area (TPSA) is 91.1 Å². The normalized spacial score (nSPS) is 19.5. The second-order valence-corrected chi connectivity index (χ2v) is 5.45. The van der Waals surface area contributed by atoms with Crippen LogP contribution in [0.2, 0.25) is 0 Å². The summed E-state index contributed by atoms with van der Waals surface area (Å²) < 4.78 is 5.11. The van der Waals surface area contributed by atoms with Crippen LogP contribution in [0.4, 0.5) is 0 Å². The molecule has 0 aliphatic carbocycles. The lowest BCUT2D eigenvalue weighted by Gasteiger charge is -2.37. The molecule has 22 heavy (non-hydrogen) atoms. The summed E-state index contributed by atoms with van der Waals surface area (Å²) in [6.07, 6.45) is 3.58. The van der Waals surface area contributed by atoms with Crippen molar-refractivity contribution in [3.05, 3.63) is 24.2 Å². The van der Waals surface area contributed by atoms with E-state index in [4.69, 9.17) is 9.52 Å². The van der Waals surface area contributed by atoms with Gasteiger partial charge >= 0.3 is 5.97 Å². The number of hydrogen-bond acceptors (Lipinski definition) is 4. The second kappa shape index (κ2) is 6.64. The number of rotatable bonds is 4. The predicted octanol–water partition coefficient (Wildman–Crippen LogP) is 1.21. The Balaban J connectivity index is 2.17. The van der Waals surface area contributed by atoms with E-state index in [0.29, 0.717) is 13.0 Å². The van der Waals surface area contributed by atoms with Gasteiger partial charge in [0.25, 0.3) is 5.91 Å². The first-order valence-electron chi connectivity index (χ1n) is 7.27. The summed E-state index contributed by atoms with van der Waals surface area (Å²) in [7, 11) is 1.45. The molecule has 7 nitrogen and oxygen atoms in total. The summed E-state index contributed by atoms with van der Waals surface area (Å²) in [5.74, 6) is -1.57. The van der Waals surface area contributed by atoms with E-state index in [9.17, 15) is 14.4 Å². The molecule has 2 rings (SSSR count). The highest BCUT2D eigenvalue weighted by atomic mass is 16.4. The van der Waals surface area contributed by atoms with Gasteiger partial charge in [-0.15, -0.1) is 0 Å². The Morgan fingerprint density at radius 2 is 2.14 bits per heavy atom. The van der Waals surface area contributed by atoms with Gasteiger partial charge in [0.1, 0.15) is 12.1 Å². The summed E-state index contributed by atoms with van der Waals surface area (Å²) in [5, 5.41) is 9.04. The average molecular weight is 308 g/mol. The SMILES string of the molecule is CC(C(=O)O)N(C)C(=O)C1CCCCN1C(=O)c1ccco1. The molecule has 2 heterocycles. The Morgan fingerprint density at radius 1 is 1.41 bits per heavy atom. The van der Waals surface area contributed by atoms with E-state index < -0.39 is 18.1 Å². The van der Waals surface area contributed by atoms with Crippen LogP contribution in [0, 0.1) is 0 Å². The van der Waals surface area contributed by atoms with E-state index in [2.05, 4.69) is 0 Å². The standard InChI is InChI=1S/C15H20N2O5/c1-10(15(20)21)16(2)13(18)11-6-3-4-8-17(11)14(19)12-7-5-9-22-12/h5,7,9-11H,3-4,6,8H2,1-2H3,(H,20,21). The van der Waals surface area contributed by atoms with Crippen molar-refractivity contribution in [3.63, 3.8) is 0 Å². The second-order valence-electron chi connectivity index (χ2n) is 5.45. The third kappa shape index (κ3) is 3.13. The number of carbonyl (C=O) groups excluding carboxylic acids is 2. The van der Waals surface area contributed by atoms with E-state index in [0.717, 1.165) is 12.8 Å². The lowest BCUT2D eigenvalue weighted by molar-refractivity contribution is -0.150. The van der Waals surface area contributed by atoms with Gasteiger partial charge in [0, 0.05) is 13.6 Å². The lowest BCUT2D eigenvalue weighted by atomic mass is 10.00. The highest BCUT2D eigenvalue weighted by molar-refractivity contribution is 5.96. The third-order valence-electron chi connectivity index (χ3n) is 4.07. The molecule has 1 saturated heterocycles. The van der Waals surface area contributed by atoms with Gasteiger partial charge in [0.15, 0.2) is 5.76 Å². The smallest absolute Gasteiger partial charge is 0.326 e. The van der Waals surface area contributed by atoms with E-state index in [-0.39, 0.29) is 17.6 Å². The van der Waals surface area contributed by atoms with Crippen LogP contribution in [-0.4, -0.2) is 58.4 Å². The Hall–Kier alpha value is -2.31. The van der Waals surface area contributed by atoms with E-state index >= 15 is 0 Å². The lowest BCUT2D eigenvalue weighted by Crippen LogP contribution is -2.54. The minimum atomic E-state index is -1.07. The predicted molar refractivity (Wildman–Crippen MR) is 77.3 cm³/mol. The van der Waals surface area contributed by atoms with Crippen LogP contribution >= 0.6 is 0 Å². The largest absolute Gasteiger partial charge is 0.480 e. The maximum absolute atomic E-state index is 12.6. The zero-order valence-electron chi connectivity index (χ0n) is 12.7. The van der Waals surface area contributed by atoms with Crippen molar-refractivity contribution in [2.75, 3.05) is 13.6 Å². The highest BCUT2D eigenvalue weighted by Crippen LogP contribution is 2.22. The van der Waals surface area contributed by atoms with Crippen LogP contribution in [0.25, 0.3) is 0 Å². The van der Waals surface area contributed by atoms with Crippen LogP contribution in [0.1, 0.15) is 36.7 Å². The number of furan rings is 1. The molecule has 1 aliphatic heterocycles. The summed E-state index contributed by atoms with van der Waals surface area (Å²) in [5.41, 5.74) is 0. The maximum Gasteiger partial charge on any atom is 0.326 e. The van der Waals surface area contributed by atoms with Crippen LogP contribution in [-0.2, 0) is 9.59 Å². The number of amides is 2. The van der Waals surface area contributed by atoms with Crippen LogP contribution in [0.5, 0.6) is 0 Å². The van der Waals surface area contributed by atoms with Crippen molar-refractivity contribution in [1.29, 1.82) is 0 Å². The summed E-state index contributed by atoms with van der Waals surface area (Å²) in [6.45, 7) is 1.91. The fourth-order valence-electron chi connectivity index (χ4n) is 2.56. The maximum atomic E-state index is 12.6. The Labute approximate surface area is 128 Å². The molecule has 2 atom stereocenters. The number of carbonyl (C=O) groups is 3. The average Bonchev–Trinajstić information content (AvgIpc) is 3.06. The molecule has 1 fully saturated rings. The van der Waals surface area contributed by atoms with Crippen molar-refractivity contribution in [3.8, 4) is 0 Å². The van der Waals surface area contributed by atoms with Gasteiger partial charge in [-0.3, -0.25) is 9.59 Å². The number of aliphatic carboxylic acids is 1. The summed E-state index contributed by atoms with van der Waals surface area (Å²) >= 11 is 0. The minimum Gasteiger partial charge on any atom is -0.480 e. The van der Waals surface area contributed by atoms with Crippen molar-refractivity contribution < 1.29 is 23.9 Å². The third-order valence-corrected chi connectivity index (χ3v) is 4.07. The zero-order chi connectivity index (χ0) is 16.3. The van der Waals surface area contributed by atoms with E-state index in [1.807, 2.05) is 0 Å². The molecular formula is C15H20N2O5. The number of likely N-dealkylation sites (N-methyl/N-ethyl adjacent to an activating group) is 1. The minimum absolute atomic E-state index is 0.189. The Morgan fingerprint density at radius 3 is 2.73 bits per heavy atom. The van der Waals surface area contributed by atoms with Crippen LogP contribution in [0.3, 0.4) is 0 Å². The fraction of sp³-hybridized carbons (Fsp3) is 0.533. The van der Waals surface area contributed by atoms with Gasteiger partial charge in [-0.05, 0) is 38.3 Å². The molecule has 0 spiro atoms. The number of likely N-dealkylation sites (tertiary alicyclic amines) is 1. The number of piperidine rings is 1. The quantitative estimate of drug-likeness (QED) is 0.902. The molecule has 0 radical (unpaired) electrons. The van der Waals surface area contributed by atoms with Crippen molar-refractivity contribution in [1.82, 2.24) is 9.80 Å². The van der Waals surface area contributed by atoms with E-state index in [1.165, 1.54) is 30.0 Å². The first kappa shape index (κ1) is 16.1. The molecule has 1 aliphatic rings.